The molecule has 11 heteroatoms. The molecule has 0 aliphatic carbocycles. The number of piperazine rings is 1. The smallest absolute Gasteiger partial charge is 0.243 e. The summed E-state index contributed by atoms with van der Waals surface area (Å²) in [4.78, 5) is 5.16. The minimum Gasteiger partial charge on any atom is -0.497 e. The number of likely N-dealkylation sites (tertiary alicyclic amines) is 1. The molecule has 1 aromatic carbocycles. The Kier molecular flexibility index (Phi) is 9.23. The topological polar surface area (TPSA) is 90.5 Å². The molecule has 0 spiro atoms. The van der Waals surface area contributed by atoms with Gasteiger partial charge in [-0.1, -0.05) is 0 Å². The van der Waals surface area contributed by atoms with Crippen molar-refractivity contribution in [2.24, 2.45) is 0 Å². The molecular weight excluding hydrogens is 512 g/mol. The van der Waals surface area contributed by atoms with Gasteiger partial charge in [0.2, 0.25) is 20.0 Å². The van der Waals surface area contributed by atoms with Crippen LogP contribution in [0.4, 0.5) is 0 Å². The van der Waals surface area contributed by atoms with E-state index in [1.54, 1.807) is 41.7 Å². The maximum Gasteiger partial charge on any atom is 0.243 e. The quantitative estimate of drug-likeness (QED) is 0.461. The van der Waals surface area contributed by atoms with Crippen LogP contribution in [0.2, 0.25) is 0 Å². The predicted octanol–water partition coefficient (Wildman–Crippen LogP) is 2.29. The molecule has 210 valence electrons. The van der Waals surface area contributed by atoms with Gasteiger partial charge in [0, 0.05) is 44.8 Å². The molecule has 0 N–H and O–H groups in total. The van der Waals surface area contributed by atoms with Gasteiger partial charge in [-0.2, -0.15) is 8.61 Å². The first-order chi connectivity index (χ1) is 17.5. The number of rotatable bonds is 9. The van der Waals surface area contributed by atoms with Crippen molar-refractivity contribution in [3.63, 3.8) is 0 Å². The molecule has 3 aliphatic rings. The summed E-state index contributed by atoms with van der Waals surface area (Å²) in [6.07, 6.45) is 4.89. The third-order valence-electron chi connectivity index (χ3n) is 8.37. The molecule has 3 heterocycles. The van der Waals surface area contributed by atoms with Gasteiger partial charge < -0.3 is 9.64 Å². The molecule has 0 radical (unpaired) electrons. The fourth-order valence-electron chi connectivity index (χ4n) is 6.30. The Labute approximate surface area is 223 Å². The molecule has 37 heavy (non-hydrogen) atoms. The van der Waals surface area contributed by atoms with Crippen LogP contribution < -0.4 is 4.74 Å². The lowest BCUT2D eigenvalue weighted by atomic mass is 10.0. The minimum atomic E-state index is -3.67. The van der Waals surface area contributed by atoms with E-state index in [0.717, 1.165) is 51.9 Å². The van der Waals surface area contributed by atoms with Crippen molar-refractivity contribution in [1.82, 2.24) is 18.4 Å². The normalized spacial score (nSPS) is 24.1. The van der Waals surface area contributed by atoms with Crippen LogP contribution >= 0.6 is 0 Å². The summed E-state index contributed by atoms with van der Waals surface area (Å²) in [5.74, 6) is 0.718. The highest BCUT2D eigenvalue weighted by Crippen LogP contribution is 2.33. The second kappa shape index (κ2) is 11.9. The first-order valence-electron chi connectivity index (χ1n) is 13.6. The van der Waals surface area contributed by atoms with Gasteiger partial charge in [-0.15, -0.1) is 0 Å². The molecule has 0 unspecified atom stereocenters. The van der Waals surface area contributed by atoms with E-state index in [0.29, 0.717) is 60.3 Å². The van der Waals surface area contributed by atoms with E-state index in [9.17, 15) is 16.8 Å². The highest BCUT2D eigenvalue weighted by molar-refractivity contribution is 7.89. The molecule has 0 aromatic heterocycles. The minimum absolute atomic E-state index is 0.0756. The van der Waals surface area contributed by atoms with Crippen molar-refractivity contribution in [3.8, 4) is 5.75 Å². The van der Waals surface area contributed by atoms with Crippen molar-refractivity contribution in [3.05, 3.63) is 23.3 Å². The van der Waals surface area contributed by atoms with Crippen molar-refractivity contribution in [2.45, 2.75) is 69.4 Å². The predicted molar refractivity (Wildman–Crippen MR) is 146 cm³/mol. The summed E-state index contributed by atoms with van der Waals surface area (Å²) < 4.78 is 62.0. The molecule has 4 rings (SSSR count). The molecular formula is C26H44N4O5S2. The van der Waals surface area contributed by atoms with Gasteiger partial charge >= 0.3 is 0 Å². The summed E-state index contributed by atoms with van der Waals surface area (Å²) >= 11 is 0. The van der Waals surface area contributed by atoms with E-state index in [2.05, 4.69) is 16.8 Å². The van der Waals surface area contributed by atoms with Crippen LogP contribution in [0.5, 0.6) is 5.75 Å². The van der Waals surface area contributed by atoms with Crippen LogP contribution in [0.25, 0.3) is 0 Å². The van der Waals surface area contributed by atoms with Crippen LogP contribution in [0.3, 0.4) is 0 Å². The third kappa shape index (κ3) is 6.50. The van der Waals surface area contributed by atoms with E-state index in [1.807, 2.05) is 0 Å². The molecule has 3 saturated heterocycles. The Morgan fingerprint density at radius 1 is 0.892 bits per heavy atom. The van der Waals surface area contributed by atoms with Crippen molar-refractivity contribution < 1.29 is 21.6 Å². The number of hydrogen-bond donors (Lipinski definition) is 0. The third-order valence-corrected chi connectivity index (χ3v) is 12.6. The van der Waals surface area contributed by atoms with Crippen LogP contribution in [-0.2, 0) is 20.0 Å². The van der Waals surface area contributed by atoms with E-state index >= 15 is 0 Å². The Bertz CT molecular complexity index is 1120. The van der Waals surface area contributed by atoms with E-state index < -0.39 is 20.0 Å². The van der Waals surface area contributed by atoms with Crippen LogP contribution in [0.15, 0.2) is 17.0 Å². The SMILES string of the molecule is COc1cc(C)c(S(=O)(=O)N2CCC[C@@H]2CCCS(=O)(=O)N2CCN(C3CCN(C)CC3)CC2)c(C)c1. The number of nitrogens with zero attached hydrogens (tertiary/aromatic N) is 4. The average molecular weight is 557 g/mol. The number of ether oxygens (including phenoxy) is 1. The van der Waals surface area contributed by atoms with Crippen molar-refractivity contribution >= 4 is 20.0 Å². The van der Waals surface area contributed by atoms with Crippen molar-refractivity contribution in [1.29, 1.82) is 0 Å². The average Bonchev–Trinajstić information content (AvgIpc) is 3.33. The zero-order valence-corrected chi connectivity index (χ0v) is 24.5. The maximum absolute atomic E-state index is 13.6. The van der Waals surface area contributed by atoms with E-state index in [4.69, 9.17) is 4.74 Å². The van der Waals surface area contributed by atoms with E-state index in [-0.39, 0.29) is 11.8 Å². The molecule has 3 aliphatic heterocycles. The summed E-state index contributed by atoms with van der Waals surface area (Å²) in [5.41, 5.74) is 1.34. The Morgan fingerprint density at radius 2 is 1.51 bits per heavy atom. The zero-order chi connectivity index (χ0) is 26.8. The summed E-state index contributed by atoms with van der Waals surface area (Å²) in [5, 5.41) is 0. The first kappa shape index (κ1) is 28.8. The van der Waals surface area contributed by atoms with Gasteiger partial charge in [0.15, 0.2) is 0 Å². The summed E-state index contributed by atoms with van der Waals surface area (Å²) in [7, 11) is -3.29. The van der Waals surface area contributed by atoms with Crippen molar-refractivity contribution in [2.75, 3.05) is 65.7 Å². The number of hydrogen-bond acceptors (Lipinski definition) is 7. The standard InChI is InChI=1S/C26H44N4O5S2/c1-21-19-25(35-4)20-22(2)26(21)37(33,34)30-11-5-7-24(30)8-6-18-36(31,32)29-16-14-28(15-17-29)23-9-12-27(3)13-10-23/h19-20,23-24H,5-18H2,1-4H3/t24-/m1/s1. The van der Waals surface area contributed by atoms with Gasteiger partial charge in [0.1, 0.15) is 5.75 Å². The molecule has 0 saturated carbocycles. The van der Waals surface area contributed by atoms with Crippen LogP contribution in [0.1, 0.15) is 49.7 Å². The van der Waals surface area contributed by atoms with Crippen LogP contribution in [0, 0.1) is 13.8 Å². The molecule has 0 bridgehead atoms. The molecule has 3 fully saturated rings. The molecule has 0 amide bonds. The Morgan fingerprint density at radius 3 is 2.11 bits per heavy atom. The molecule has 1 aromatic rings. The summed E-state index contributed by atoms with van der Waals surface area (Å²) in [6.45, 7) is 8.97. The van der Waals surface area contributed by atoms with Gasteiger partial charge in [-0.25, -0.2) is 16.8 Å². The largest absolute Gasteiger partial charge is 0.497 e. The lowest BCUT2D eigenvalue weighted by Gasteiger charge is -2.41. The maximum atomic E-state index is 13.6. The Hall–Kier alpha value is -1.24. The number of aryl methyl sites for hydroxylation is 2. The monoisotopic (exact) mass is 556 g/mol. The molecule has 9 nitrogen and oxygen atoms in total. The van der Waals surface area contributed by atoms with E-state index in [1.165, 1.54) is 0 Å². The summed E-state index contributed by atoms with van der Waals surface area (Å²) in [6, 6.07) is 3.91. The lowest BCUT2D eigenvalue weighted by molar-refractivity contribution is 0.0892. The number of benzene rings is 1. The number of piperidine rings is 1. The fourth-order valence-corrected chi connectivity index (χ4v) is 9.95. The first-order valence-corrected chi connectivity index (χ1v) is 16.7. The molecule has 1 atom stereocenters. The van der Waals surface area contributed by atoms with Crippen LogP contribution in [-0.4, -0.2) is 113 Å². The van der Waals surface area contributed by atoms with Gasteiger partial charge in [0.05, 0.1) is 17.8 Å². The van der Waals surface area contributed by atoms with Gasteiger partial charge in [-0.3, -0.25) is 4.90 Å². The zero-order valence-electron chi connectivity index (χ0n) is 22.9. The fraction of sp³-hybridized carbons (Fsp3) is 0.769. The second-order valence-electron chi connectivity index (χ2n) is 10.9. The van der Waals surface area contributed by atoms with Gasteiger partial charge in [-0.05, 0) is 95.8 Å². The second-order valence-corrected chi connectivity index (χ2v) is 14.8. The highest BCUT2D eigenvalue weighted by Gasteiger charge is 2.37. The number of sulfonamides is 2. The van der Waals surface area contributed by atoms with Gasteiger partial charge in [0.25, 0.3) is 0 Å². The number of methoxy groups -OCH3 is 1. The lowest BCUT2D eigenvalue weighted by Crippen LogP contribution is -2.54. The highest BCUT2D eigenvalue weighted by atomic mass is 32.2. The Balaban J connectivity index is 1.31.